The zero-order valence-corrected chi connectivity index (χ0v) is 12.5. The summed E-state index contributed by atoms with van der Waals surface area (Å²) in [5.41, 5.74) is 2.24. The van der Waals surface area contributed by atoms with Gasteiger partial charge in [0, 0.05) is 17.8 Å². The lowest BCUT2D eigenvalue weighted by molar-refractivity contribution is 0.0945. The van der Waals surface area contributed by atoms with E-state index < -0.39 is 0 Å². The molecule has 22 heavy (non-hydrogen) atoms. The largest absolute Gasteiger partial charge is 0.347 e. The molecule has 1 aromatic heterocycles. The third-order valence-corrected chi connectivity index (χ3v) is 3.42. The van der Waals surface area contributed by atoms with Crippen LogP contribution in [0.5, 0.6) is 0 Å². The minimum Gasteiger partial charge on any atom is -0.347 e. The number of para-hydroxylation sites is 1. The molecule has 0 radical (unpaired) electrons. The molecule has 0 saturated carbocycles. The van der Waals surface area contributed by atoms with Crippen LogP contribution in [-0.4, -0.2) is 15.7 Å². The lowest BCUT2D eigenvalue weighted by Gasteiger charge is -2.04. The summed E-state index contributed by atoms with van der Waals surface area (Å²) in [4.78, 5) is 12.1. The maximum absolute atomic E-state index is 12.1. The minimum atomic E-state index is -0.213. The van der Waals surface area contributed by atoms with E-state index in [4.69, 9.17) is 11.6 Å². The van der Waals surface area contributed by atoms with Crippen LogP contribution in [0.15, 0.2) is 66.9 Å². The lowest BCUT2D eigenvalue weighted by Crippen LogP contribution is -2.23. The van der Waals surface area contributed by atoms with Gasteiger partial charge in [0.15, 0.2) is 5.69 Å². The highest BCUT2D eigenvalue weighted by molar-refractivity contribution is 6.30. The molecule has 110 valence electrons. The normalized spacial score (nSPS) is 10.4. The van der Waals surface area contributed by atoms with E-state index in [-0.39, 0.29) is 5.91 Å². The summed E-state index contributed by atoms with van der Waals surface area (Å²) in [5.74, 6) is -0.213. The van der Waals surface area contributed by atoms with Crippen molar-refractivity contribution in [1.29, 1.82) is 0 Å². The Morgan fingerprint density at radius 2 is 1.91 bits per heavy atom. The summed E-state index contributed by atoms with van der Waals surface area (Å²) < 4.78 is 1.67. The Kier molecular flexibility index (Phi) is 4.21. The fourth-order valence-corrected chi connectivity index (χ4v) is 2.30. The van der Waals surface area contributed by atoms with E-state index in [0.29, 0.717) is 17.3 Å². The summed E-state index contributed by atoms with van der Waals surface area (Å²) in [7, 11) is 0. The molecule has 0 aliphatic carbocycles. The van der Waals surface area contributed by atoms with Crippen molar-refractivity contribution in [3.8, 4) is 5.69 Å². The molecule has 5 heteroatoms. The van der Waals surface area contributed by atoms with E-state index in [1.165, 1.54) is 0 Å². The van der Waals surface area contributed by atoms with Crippen LogP contribution >= 0.6 is 11.6 Å². The molecule has 1 amide bonds. The molecule has 0 saturated heterocycles. The average molecular weight is 312 g/mol. The summed E-state index contributed by atoms with van der Waals surface area (Å²) in [5, 5.41) is 7.78. The van der Waals surface area contributed by atoms with E-state index >= 15 is 0 Å². The predicted octanol–water partition coefficient (Wildman–Crippen LogP) is 3.46. The first-order chi connectivity index (χ1) is 10.7. The average Bonchev–Trinajstić information content (AvgIpc) is 3.04. The lowest BCUT2D eigenvalue weighted by atomic mass is 10.2. The fraction of sp³-hybridized carbons (Fsp3) is 0.0588. The second kappa shape index (κ2) is 6.45. The summed E-state index contributed by atoms with van der Waals surface area (Å²) >= 11 is 5.92. The summed E-state index contributed by atoms with van der Waals surface area (Å²) in [6, 6.07) is 18.7. The number of amides is 1. The Bertz CT molecular complexity index is 783. The van der Waals surface area contributed by atoms with E-state index in [2.05, 4.69) is 10.4 Å². The van der Waals surface area contributed by atoms with Crippen LogP contribution in [0, 0.1) is 0 Å². The van der Waals surface area contributed by atoms with Gasteiger partial charge in [0.1, 0.15) is 0 Å². The number of hydrogen-bond acceptors (Lipinski definition) is 2. The molecule has 3 aromatic rings. The second-order valence-electron chi connectivity index (χ2n) is 4.79. The Morgan fingerprint density at radius 1 is 1.09 bits per heavy atom. The Morgan fingerprint density at radius 3 is 2.68 bits per heavy atom. The van der Waals surface area contributed by atoms with E-state index in [0.717, 1.165) is 11.3 Å². The van der Waals surface area contributed by atoms with Crippen molar-refractivity contribution < 1.29 is 4.79 Å². The molecule has 0 unspecified atom stereocenters. The molecular weight excluding hydrogens is 298 g/mol. The highest BCUT2D eigenvalue weighted by Crippen LogP contribution is 2.11. The van der Waals surface area contributed by atoms with Crippen molar-refractivity contribution in [2.75, 3.05) is 0 Å². The van der Waals surface area contributed by atoms with E-state index in [9.17, 15) is 4.79 Å². The molecule has 1 heterocycles. The first-order valence-corrected chi connectivity index (χ1v) is 7.24. The first-order valence-electron chi connectivity index (χ1n) is 6.86. The standard InChI is InChI=1S/C17H14ClN3O/c18-14-6-4-5-13(11-14)12-19-17(22)16-9-10-21(20-16)15-7-2-1-3-8-15/h1-11H,12H2,(H,19,22). The van der Waals surface area contributed by atoms with Gasteiger partial charge in [-0.2, -0.15) is 5.10 Å². The zero-order valence-electron chi connectivity index (χ0n) is 11.7. The van der Waals surface area contributed by atoms with Crippen LogP contribution in [0.3, 0.4) is 0 Å². The van der Waals surface area contributed by atoms with Crippen molar-refractivity contribution >= 4 is 17.5 Å². The molecule has 0 aliphatic rings. The van der Waals surface area contributed by atoms with Crippen molar-refractivity contribution in [2.45, 2.75) is 6.54 Å². The molecule has 3 rings (SSSR count). The fourth-order valence-electron chi connectivity index (χ4n) is 2.09. The number of rotatable bonds is 4. The topological polar surface area (TPSA) is 46.9 Å². The van der Waals surface area contributed by atoms with Gasteiger partial charge >= 0.3 is 0 Å². The number of benzene rings is 2. The van der Waals surface area contributed by atoms with Gasteiger partial charge in [-0.25, -0.2) is 4.68 Å². The highest BCUT2D eigenvalue weighted by atomic mass is 35.5. The number of hydrogen-bond donors (Lipinski definition) is 1. The maximum atomic E-state index is 12.1. The van der Waals surface area contributed by atoms with Crippen LogP contribution in [0.2, 0.25) is 5.02 Å². The SMILES string of the molecule is O=C(NCc1cccc(Cl)c1)c1ccn(-c2ccccc2)n1. The Labute approximate surface area is 133 Å². The predicted molar refractivity (Wildman–Crippen MR) is 86.2 cm³/mol. The van der Waals surface area contributed by atoms with Crippen molar-refractivity contribution in [3.05, 3.63) is 83.1 Å². The third kappa shape index (κ3) is 3.35. The monoisotopic (exact) mass is 311 g/mol. The van der Waals surface area contributed by atoms with Gasteiger partial charge in [-0.1, -0.05) is 41.9 Å². The Hall–Kier alpha value is -2.59. The van der Waals surface area contributed by atoms with Crippen LogP contribution in [0.4, 0.5) is 0 Å². The van der Waals surface area contributed by atoms with Gasteiger partial charge in [-0.15, -0.1) is 0 Å². The van der Waals surface area contributed by atoms with Crippen molar-refractivity contribution in [3.63, 3.8) is 0 Å². The van der Waals surface area contributed by atoms with Gasteiger partial charge < -0.3 is 5.32 Å². The van der Waals surface area contributed by atoms with Gasteiger partial charge in [0.2, 0.25) is 0 Å². The molecule has 4 nitrogen and oxygen atoms in total. The highest BCUT2D eigenvalue weighted by Gasteiger charge is 2.09. The summed E-state index contributed by atoms with van der Waals surface area (Å²) in [6.07, 6.45) is 1.77. The minimum absolute atomic E-state index is 0.213. The van der Waals surface area contributed by atoms with Crippen LogP contribution < -0.4 is 5.32 Å². The number of nitrogens with zero attached hydrogens (tertiary/aromatic N) is 2. The molecule has 2 aromatic carbocycles. The molecule has 0 aliphatic heterocycles. The van der Waals surface area contributed by atoms with E-state index in [1.807, 2.05) is 48.5 Å². The maximum Gasteiger partial charge on any atom is 0.272 e. The zero-order chi connectivity index (χ0) is 15.4. The molecule has 0 atom stereocenters. The smallest absolute Gasteiger partial charge is 0.272 e. The van der Waals surface area contributed by atoms with Crippen molar-refractivity contribution in [2.24, 2.45) is 0 Å². The number of carbonyl (C=O) groups is 1. The molecular formula is C17H14ClN3O. The number of halogens is 1. The molecule has 0 bridgehead atoms. The van der Waals surface area contributed by atoms with Gasteiger partial charge in [-0.05, 0) is 35.9 Å². The van der Waals surface area contributed by atoms with Crippen LogP contribution in [0.25, 0.3) is 5.69 Å². The number of carbonyl (C=O) groups excluding carboxylic acids is 1. The molecule has 1 N–H and O–H groups in total. The third-order valence-electron chi connectivity index (χ3n) is 3.18. The van der Waals surface area contributed by atoms with Crippen LogP contribution in [0.1, 0.15) is 16.1 Å². The van der Waals surface area contributed by atoms with E-state index in [1.54, 1.807) is 23.0 Å². The van der Waals surface area contributed by atoms with Crippen LogP contribution in [-0.2, 0) is 6.54 Å². The quantitative estimate of drug-likeness (QED) is 0.802. The number of nitrogens with one attached hydrogen (secondary N) is 1. The molecule has 0 spiro atoms. The van der Waals surface area contributed by atoms with Gasteiger partial charge in [0.05, 0.1) is 5.69 Å². The molecule has 0 fully saturated rings. The van der Waals surface area contributed by atoms with Gasteiger partial charge in [0.25, 0.3) is 5.91 Å². The first kappa shape index (κ1) is 14.4. The summed E-state index contributed by atoms with van der Waals surface area (Å²) in [6.45, 7) is 0.414. The van der Waals surface area contributed by atoms with Crippen molar-refractivity contribution in [1.82, 2.24) is 15.1 Å². The Balaban J connectivity index is 1.67. The second-order valence-corrected chi connectivity index (χ2v) is 5.23. The van der Waals surface area contributed by atoms with Gasteiger partial charge in [-0.3, -0.25) is 4.79 Å². The number of aromatic nitrogens is 2.